The standard InChI is InChI=1S/C9H9N3OS/c10-7-1-3-8(4-2-7)14-5-9-11-6-12-13-9/h1-4,6H,5,10H2. The Morgan fingerprint density at radius 2 is 2.07 bits per heavy atom. The van der Waals surface area contributed by atoms with Gasteiger partial charge in [0.2, 0.25) is 5.89 Å². The fourth-order valence-electron chi connectivity index (χ4n) is 0.969. The fourth-order valence-corrected chi connectivity index (χ4v) is 1.71. The summed E-state index contributed by atoms with van der Waals surface area (Å²) in [6, 6.07) is 7.68. The van der Waals surface area contributed by atoms with Crippen molar-refractivity contribution in [3.63, 3.8) is 0 Å². The molecule has 5 heteroatoms. The van der Waals surface area contributed by atoms with E-state index < -0.39 is 0 Å². The van der Waals surface area contributed by atoms with Gasteiger partial charge in [-0.3, -0.25) is 0 Å². The first-order valence-corrected chi connectivity index (χ1v) is 5.07. The summed E-state index contributed by atoms with van der Waals surface area (Å²) in [7, 11) is 0. The van der Waals surface area contributed by atoms with Crippen LogP contribution in [0.1, 0.15) is 5.89 Å². The number of rotatable bonds is 3. The van der Waals surface area contributed by atoms with Crippen molar-refractivity contribution in [3.05, 3.63) is 36.5 Å². The molecule has 0 unspecified atom stereocenters. The van der Waals surface area contributed by atoms with Crippen LogP contribution in [-0.2, 0) is 5.75 Å². The minimum absolute atomic E-state index is 0.631. The molecule has 0 radical (unpaired) electrons. The topological polar surface area (TPSA) is 64.9 Å². The molecule has 72 valence electrons. The van der Waals surface area contributed by atoms with E-state index in [2.05, 4.69) is 10.1 Å². The molecule has 0 fully saturated rings. The van der Waals surface area contributed by atoms with Crippen molar-refractivity contribution in [2.75, 3.05) is 5.73 Å². The summed E-state index contributed by atoms with van der Waals surface area (Å²) in [5.41, 5.74) is 6.34. The highest BCUT2D eigenvalue weighted by Crippen LogP contribution is 2.22. The normalized spacial score (nSPS) is 10.3. The number of nitrogens with zero attached hydrogens (tertiary/aromatic N) is 2. The molecular weight excluding hydrogens is 198 g/mol. The average Bonchev–Trinajstić information content (AvgIpc) is 2.70. The molecule has 0 atom stereocenters. The summed E-state index contributed by atoms with van der Waals surface area (Å²) in [5.74, 6) is 1.32. The molecule has 0 amide bonds. The van der Waals surface area contributed by atoms with Gasteiger partial charge < -0.3 is 10.3 Å². The van der Waals surface area contributed by atoms with Crippen molar-refractivity contribution in [3.8, 4) is 0 Å². The lowest BCUT2D eigenvalue weighted by molar-refractivity contribution is 0.390. The predicted octanol–water partition coefficient (Wildman–Crippen LogP) is 1.94. The van der Waals surface area contributed by atoms with Gasteiger partial charge in [-0.25, -0.2) is 0 Å². The van der Waals surface area contributed by atoms with Gasteiger partial charge in [0.15, 0.2) is 6.33 Å². The van der Waals surface area contributed by atoms with Crippen LogP contribution in [-0.4, -0.2) is 10.1 Å². The zero-order valence-electron chi connectivity index (χ0n) is 7.38. The van der Waals surface area contributed by atoms with Crippen molar-refractivity contribution in [1.29, 1.82) is 0 Å². The second-order valence-corrected chi connectivity index (χ2v) is 3.74. The van der Waals surface area contributed by atoms with Crippen LogP contribution >= 0.6 is 11.8 Å². The maximum Gasteiger partial charge on any atom is 0.236 e. The Morgan fingerprint density at radius 3 is 2.71 bits per heavy atom. The smallest absolute Gasteiger partial charge is 0.236 e. The molecule has 14 heavy (non-hydrogen) atoms. The maximum atomic E-state index is 5.57. The molecule has 0 bridgehead atoms. The van der Waals surface area contributed by atoms with E-state index in [1.807, 2.05) is 24.3 Å². The Hall–Kier alpha value is -1.49. The quantitative estimate of drug-likeness (QED) is 0.615. The zero-order valence-corrected chi connectivity index (χ0v) is 8.20. The Kier molecular flexibility index (Phi) is 2.69. The summed E-state index contributed by atoms with van der Waals surface area (Å²) >= 11 is 1.64. The molecule has 0 aliphatic heterocycles. The maximum absolute atomic E-state index is 5.57. The summed E-state index contributed by atoms with van der Waals surface area (Å²) in [5, 5.41) is 3.53. The number of thioether (sulfide) groups is 1. The first kappa shape index (κ1) is 9.08. The van der Waals surface area contributed by atoms with E-state index in [1.54, 1.807) is 11.8 Å². The molecule has 4 nitrogen and oxygen atoms in total. The number of hydrogen-bond acceptors (Lipinski definition) is 5. The van der Waals surface area contributed by atoms with Crippen molar-refractivity contribution in [2.24, 2.45) is 0 Å². The van der Waals surface area contributed by atoms with E-state index in [0.717, 1.165) is 10.6 Å². The third kappa shape index (κ3) is 2.26. The van der Waals surface area contributed by atoms with E-state index in [1.165, 1.54) is 6.33 Å². The Morgan fingerprint density at radius 1 is 1.29 bits per heavy atom. The van der Waals surface area contributed by atoms with Crippen LogP contribution in [0.3, 0.4) is 0 Å². The van der Waals surface area contributed by atoms with E-state index in [4.69, 9.17) is 10.3 Å². The molecular formula is C9H9N3OS. The van der Waals surface area contributed by atoms with Gasteiger partial charge in [0.25, 0.3) is 0 Å². The van der Waals surface area contributed by atoms with Crippen molar-refractivity contribution < 1.29 is 4.52 Å². The number of aromatic nitrogens is 2. The van der Waals surface area contributed by atoms with E-state index in [0.29, 0.717) is 11.6 Å². The Balaban J connectivity index is 1.95. The second-order valence-electron chi connectivity index (χ2n) is 2.69. The summed E-state index contributed by atoms with van der Waals surface area (Å²) in [6.45, 7) is 0. The van der Waals surface area contributed by atoms with Gasteiger partial charge in [-0.15, -0.1) is 11.8 Å². The van der Waals surface area contributed by atoms with Gasteiger partial charge in [0.05, 0.1) is 5.75 Å². The molecule has 1 heterocycles. The number of anilines is 1. The lowest BCUT2D eigenvalue weighted by Crippen LogP contribution is -1.83. The first-order valence-electron chi connectivity index (χ1n) is 4.08. The van der Waals surface area contributed by atoms with Crippen LogP contribution in [0.2, 0.25) is 0 Å². The minimum atomic E-state index is 0.631. The highest BCUT2D eigenvalue weighted by Gasteiger charge is 2.00. The van der Waals surface area contributed by atoms with Crippen LogP contribution in [0.25, 0.3) is 0 Å². The van der Waals surface area contributed by atoms with Crippen molar-refractivity contribution in [1.82, 2.24) is 10.1 Å². The van der Waals surface area contributed by atoms with E-state index in [9.17, 15) is 0 Å². The first-order chi connectivity index (χ1) is 6.84. The van der Waals surface area contributed by atoms with Crippen LogP contribution in [0.15, 0.2) is 40.0 Å². The molecule has 2 aromatic rings. The largest absolute Gasteiger partial charge is 0.399 e. The second kappa shape index (κ2) is 4.15. The van der Waals surface area contributed by atoms with Crippen molar-refractivity contribution >= 4 is 17.4 Å². The lowest BCUT2D eigenvalue weighted by atomic mass is 10.3. The summed E-state index contributed by atoms with van der Waals surface area (Å²) < 4.78 is 4.87. The van der Waals surface area contributed by atoms with Gasteiger partial charge in [-0.1, -0.05) is 5.16 Å². The third-order valence-corrected chi connectivity index (χ3v) is 2.65. The Bertz CT molecular complexity index is 385. The van der Waals surface area contributed by atoms with Gasteiger partial charge >= 0.3 is 0 Å². The third-order valence-electron chi connectivity index (χ3n) is 1.65. The van der Waals surface area contributed by atoms with Crippen molar-refractivity contribution in [2.45, 2.75) is 10.6 Å². The molecule has 1 aromatic heterocycles. The monoisotopic (exact) mass is 207 g/mol. The summed E-state index contributed by atoms with van der Waals surface area (Å²) in [4.78, 5) is 5.06. The highest BCUT2D eigenvalue weighted by molar-refractivity contribution is 7.98. The highest BCUT2D eigenvalue weighted by atomic mass is 32.2. The zero-order chi connectivity index (χ0) is 9.80. The van der Waals surface area contributed by atoms with Gasteiger partial charge in [-0.2, -0.15) is 4.98 Å². The van der Waals surface area contributed by atoms with E-state index >= 15 is 0 Å². The lowest BCUT2D eigenvalue weighted by Gasteiger charge is -1.98. The minimum Gasteiger partial charge on any atom is -0.399 e. The average molecular weight is 207 g/mol. The molecule has 2 N–H and O–H groups in total. The number of hydrogen-bond donors (Lipinski definition) is 1. The van der Waals surface area contributed by atoms with E-state index in [-0.39, 0.29) is 0 Å². The molecule has 2 rings (SSSR count). The van der Waals surface area contributed by atoms with Crippen LogP contribution in [0.4, 0.5) is 5.69 Å². The summed E-state index contributed by atoms with van der Waals surface area (Å²) in [6.07, 6.45) is 1.40. The van der Waals surface area contributed by atoms with Gasteiger partial charge in [0.1, 0.15) is 0 Å². The SMILES string of the molecule is Nc1ccc(SCc2ncno2)cc1. The van der Waals surface area contributed by atoms with Crippen LogP contribution < -0.4 is 5.73 Å². The number of benzene rings is 1. The molecule has 1 aromatic carbocycles. The molecule has 0 spiro atoms. The molecule has 0 saturated heterocycles. The van der Waals surface area contributed by atoms with Gasteiger partial charge in [0, 0.05) is 10.6 Å². The van der Waals surface area contributed by atoms with Gasteiger partial charge in [-0.05, 0) is 24.3 Å². The molecule has 0 aliphatic carbocycles. The number of nitrogen functional groups attached to an aromatic ring is 1. The fraction of sp³-hybridized carbons (Fsp3) is 0.111. The predicted molar refractivity (Wildman–Crippen MR) is 54.7 cm³/mol. The Labute approximate surface area is 85.5 Å². The van der Waals surface area contributed by atoms with Crippen LogP contribution in [0.5, 0.6) is 0 Å². The number of nitrogens with two attached hydrogens (primary N) is 1. The van der Waals surface area contributed by atoms with Crippen LogP contribution in [0, 0.1) is 0 Å². The molecule has 0 saturated carbocycles. The molecule has 0 aliphatic rings.